The highest BCUT2D eigenvalue weighted by Crippen LogP contribution is 2.28. The van der Waals surface area contributed by atoms with Crippen molar-refractivity contribution in [1.82, 2.24) is 15.3 Å². The van der Waals surface area contributed by atoms with E-state index in [1.54, 1.807) is 0 Å². The van der Waals surface area contributed by atoms with Crippen LogP contribution in [0.15, 0.2) is 66.7 Å². The van der Waals surface area contributed by atoms with Crippen molar-refractivity contribution in [2.24, 2.45) is 5.92 Å². The summed E-state index contributed by atoms with van der Waals surface area (Å²) in [4.78, 5) is 24.3. The first-order valence-electron chi connectivity index (χ1n) is 12.5. The molecule has 0 spiro atoms. The maximum atomic E-state index is 12.8. The number of nitrogens with zero attached hydrogens (tertiary/aromatic N) is 3. The molecule has 0 saturated heterocycles. The summed E-state index contributed by atoms with van der Waals surface area (Å²) in [5, 5.41) is 10.3. The van der Waals surface area contributed by atoms with E-state index in [1.807, 2.05) is 37.2 Å². The van der Waals surface area contributed by atoms with Crippen LogP contribution in [-0.4, -0.2) is 42.6 Å². The second-order valence-electron chi connectivity index (χ2n) is 9.65. The number of fused-ring (bicyclic) bond motifs is 2. The maximum absolute atomic E-state index is 12.8. The van der Waals surface area contributed by atoms with Gasteiger partial charge in [0.15, 0.2) is 0 Å². The summed E-state index contributed by atoms with van der Waals surface area (Å²) in [7, 11) is 4.01. The van der Waals surface area contributed by atoms with E-state index < -0.39 is 0 Å². The zero-order valence-corrected chi connectivity index (χ0v) is 20.5. The fourth-order valence-electron chi connectivity index (χ4n) is 5.12. The zero-order valence-electron chi connectivity index (χ0n) is 20.5. The highest BCUT2D eigenvalue weighted by molar-refractivity contribution is 5.90. The molecule has 6 nitrogen and oxygen atoms in total. The molecule has 2 N–H and O–H groups in total. The summed E-state index contributed by atoms with van der Waals surface area (Å²) < 4.78 is 0. The Morgan fingerprint density at radius 2 is 1.60 bits per heavy atom. The van der Waals surface area contributed by atoms with E-state index in [1.165, 1.54) is 16.3 Å². The number of hydrogen-bond acceptors (Lipinski definition) is 5. The van der Waals surface area contributed by atoms with Crippen molar-refractivity contribution in [3.05, 3.63) is 72.3 Å². The lowest BCUT2D eigenvalue weighted by Crippen LogP contribution is -2.37. The van der Waals surface area contributed by atoms with Crippen LogP contribution < -0.4 is 15.5 Å². The van der Waals surface area contributed by atoms with Crippen LogP contribution in [0.25, 0.3) is 21.7 Å². The van der Waals surface area contributed by atoms with E-state index in [4.69, 9.17) is 9.97 Å². The molecule has 1 aromatic heterocycles. The molecule has 35 heavy (non-hydrogen) atoms. The van der Waals surface area contributed by atoms with Gasteiger partial charge in [-0.15, -0.1) is 0 Å². The topological polar surface area (TPSA) is 70.2 Å². The zero-order chi connectivity index (χ0) is 24.2. The van der Waals surface area contributed by atoms with Crippen LogP contribution in [0.3, 0.4) is 0 Å². The number of carbonyl (C=O) groups excluding carboxylic acids is 1. The fourth-order valence-corrected chi connectivity index (χ4v) is 5.12. The molecule has 0 bridgehead atoms. The van der Waals surface area contributed by atoms with E-state index in [0.29, 0.717) is 12.5 Å². The van der Waals surface area contributed by atoms with Gasteiger partial charge in [0.05, 0.1) is 5.52 Å². The van der Waals surface area contributed by atoms with E-state index >= 15 is 0 Å². The molecule has 0 radical (unpaired) electrons. The van der Waals surface area contributed by atoms with Crippen LogP contribution in [0.1, 0.15) is 31.2 Å². The van der Waals surface area contributed by atoms with Gasteiger partial charge in [0.2, 0.25) is 11.9 Å². The maximum Gasteiger partial charge on any atom is 0.225 e. The van der Waals surface area contributed by atoms with Gasteiger partial charge in [-0.1, -0.05) is 54.6 Å². The van der Waals surface area contributed by atoms with Gasteiger partial charge >= 0.3 is 0 Å². The van der Waals surface area contributed by atoms with Crippen LogP contribution in [0.5, 0.6) is 0 Å². The molecule has 4 aromatic rings. The average molecular weight is 468 g/mol. The molecule has 1 saturated carbocycles. The summed E-state index contributed by atoms with van der Waals surface area (Å²) in [6, 6.07) is 23.2. The number of carbonyl (C=O) groups is 1. The molecule has 6 heteroatoms. The summed E-state index contributed by atoms with van der Waals surface area (Å²) in [5.74, 6) is 1.84. The largest absolute Gasteiger partial charge is 0.362 e. The number of hydrogen-bond donors (Lipinski definition) is 2. The lowest BCUT2D eigenvalue weighted by atomic mass is 9.85. The Morgan fingerprint density at radius 1 is 0.886 bits per heavy atom. The Hall–Kier alpha value is -3.67. The first-order valence-corrected chi connectivity index (χ1v) is 12.5. The third-order valence-corrected chi connectivity index (χ3v) is 7.01. The first kappa shape index (κ1) is 23.1. The van der Waals surface area contributed by atoms with E-state index in [9.17, 15) is 4.79 Å². The number of benzene rings is 3. The molecule has 0 atom stereocenters. The highest BCUT2D eigenvalue weighted by atomic mass is 16.1. The number of aromatic nitrogens is 2. The molecule has 1 heterocycles. The van der Waals surface area contributed by atoms with Crippen molar-refractivity contribution in [1.29, 1.82) is 0 Å². The minimum Gasteiger partial charge on any atom is -0.362 e. The van der Waals surface area contributed by atoms with Crippen LogP contribution in [0, 0.1) is 5.92 Å². The van der Waals surface area contributed by atoms with E-state index in [2.05, 4.69) is 59.2 Å². The predicted octanol–water partition coefficient (Wildman–Crippen LogP) is 5.18. The molecular weight excluding hydrogens is 434 g/mol. The number of anilines is 2. The Bertz CT molecular complexity index is 1320. The van der Waals surface area contributed by atoms with Crippen molar-refractivity contribution < 1.29 is 4.79 Å². The van der Waals surface area contributed by atoms with Gasteiger partial charge in [-0.25, -0.2) is 4.98 Å². The number of nitrogens with one attached hydrogen (secondary N) is 2. The monoisotopic (exact) mass is 467 g/mol. The first-order chi connectivity index (χ1) is 17.1. The van der Waals surface area contributed by atoms with Gasteiger partial charge in [-0.2, -0.15) is 4.98 Å². The standard InChI is InChI=1S/C29H33N5O/c1-34(2)27-25-12-5-6-13-26(25)32-29(33-27)31-23-16-14-22(15-17-23)28(35)30-19-18-21-10-7-9-20-8-3-4-11-24(20)21/h3-13,22-23H,14-19H2,1-2H3,(H,30,35)(H,31,32,33)/t22-,23+. The van der Waals surface area contributed by atoms with Crippen molar-refractivity contribution in [3.8, 4) is 0 Å². The van der Waals surface area contributed by atoms with Crippen molar-refractivity contribution in [2.75, 3.05) is 30.9 Å². The normalized spacial score (nSPS) is 17.9. The Labute approximate surface area is 206 Å². The lowest BCUT2D eigenvalue weighted by Gasteiger charge is -2.28. The average Bonchev–Trinajstić information content (AvgIpc) is 2.88. The van der Waals surface area contributed by atoms with Gasteiger partial charge in [-0.05, 0) is 60.6 Å². The SMILES string of the molecule is CN(C)c1nc(N[C@H]2CC[C@@H](C(=O)NCCc3cccc4ccccc34)CC2)nc2ccccc12. The van der Waals surface area contributed by atoms with E-state index in [-0.39, 0.29) is 17.9 Å². The quantitative estimate of drug-likeness (QED) is 0.392. The van der Waals surface area contributed by atoms with Gasteiger partial charge in [0.25, 0.3) is 0 Å². The summed E-state index contributed by atoms with van der Waals surface area (Å²) in [6.45, 7) is 0.670. The van der Waals surface area contributed by atoms with Crippen molar-refractivity contribution >= 4 is 39.3 Å². The van der Waals surface area contributed by atoms with Gasteiger partial charge in [0.1, 0.15) is 5.82 Å². The van der Waals surface area contributed by atoms with Crippen molar-refractivity contribution in [3.63, 3.8) is 0 Å². The lowest BCUT2D eigenvalue weighted by molar-refractivity contribution is -0.125. The van der Waals surface area contributed by atoms with Crippen molar-refractivity contribution in [2.45, 2.75) is 38.1 Å². The molecule has 0 aliphatic heterocycles. The summed E-state index contributed by atoms with van der Waals surface area (Å²) in [5.41, 5.74) is 2.22. The second-order valence-corrected chi connectivity index (χ2v) is 9.65. The molecule has 180 valence electrons. The minimum atomic E-state index is 0.0791. The van der Waals surface area contributed by atoms with Crippen LogP contribution in [0.2, 0.25) is 0 Å². The Balaban J connectivity index is 1.14. The Kier molecular flexibility index (Phi) is 6.80. The molecule has 3 aromatic carbocycles. The fraction of sp³-hybridized carbons (Fsp3) is 0.345. The van der Waals surface area contributed by atoms with Gasteiger partial charge < -0.3 is 15.5 Å². The van der Waals surface area contributed by atoms with Crippen LogP contribution in [-0.2, 0) is 11.2 Å². The molecule has 1 fully saturated rings. The molecular formula is C29H33N5O. The van der Waals surface area contributed by atoms with E-state index in [0.717, 1.165) is 48.8 Å². The smallest absolute Gasteiger partial charge is 0.225 e. The number of amides is 1. The molecule has 1 aliphatic rings. The van der Waals surface area contributed by atoms with Gasteiger partial charge in [0, 0.05) is 38.0 Å². The summed E-state index contributed by atoms with van der Waals surface area (Å²) >= 11 is 0. The Morgan fingerprint density at radius 3 is 2.40 bits per heavy atom. The predicted molar refractivity (Wildman–Crippen MR) is 144 cm³/mol. The van der Waals surface area contributed by atoms with Gasteiger partial charge in [-0.3, -0.25) is 4.79 Å². The highest BCUT2D eigenvalue weighted by Gasteiger charge is 2.26. The molecule has 1 aliphatic carbocycles. The second kappa shape index (κ2) is 10.3. The van der Waals surface area contributed by atoms with Crippen LogP contribution >= 0.6 is 0 Å². The number of rotatable bonds is 7. The minimum absolute atomic E-state index is 0.0791. The molecule has 0 unspecified atom stereocenters. The third kappa shape index (κ3) is 5.21. The van der Waals surface area contributed by atoms with Crippen LogP contribution in [0.4, 0.5) is 11.8 Å². The molecule has 1 amide bonds. The molecule has 5 rings (SSSR count). The third-order valence-electron chi connectivity index (χ3n) is 7.01. The summed E-state index contributed by atoms with van der Waals surface area (Å²) in [6.07, 6.45) is 4.49. The number of para-hydroxylation sites is 1.